The van der Waals surface area contributed by atoms with Crippen LogP contribution >= 0.6 is 7.82 Å². The van der Waals surface area contributed by atoms with Gasteiger partial charge in [-0.25, -0.2) is 15.1 Å². The van der Waals surface area contributed by atoms with Crippen molar-refractivity contribution in [3.8, 4) is 0 Å². The molecule has 0 heterocycles. The van der Waals surface area contributed by atoms with Crippen molar-refractivity contribution in [2.24, 2.45) is 0 Å². The average Bonchev–Trinajstić information content (AvgIpc) is 2.12. The first-order chi connectivity index (χ1) is 5.68. The van der Waals surface area contributed by atoms with Crippen LogP contribution in [0, 0.1) is 0 Å². The van der Waals surface area contributed by atoms with Crippen LogP contribution in [0.1, 0.15) is 26.2 Å². The molecule has 6 nitrogen and oxygen atoms in total. The molecule has 0 aliphatic carbocycles. The monoisotopic (exact) mass is 200 g/mol. The predicted molar refractivity (Wildman–Crippen MR) is 40.5 cm³/mol. The minimum absolute atomic E-state index is 0.103. The minimum atomic E-state index is -4.11. The van der Waals surface area contributed by atoms with Crippen molar-refractivity contribution in [2.45, 2.75) is 26.2 Å². The molecule has 0 amide bonds. The highest BCUT2D eigenvalue weighted by Gasteiger charge is 2.26. The van der Waals surface area contributed by atoms with Crippen molar-refractivity contribution in [1.82, 2.24) is 0 Å². The minimum Gasteiger partial charge on any atom is -0.284 e. The first-order valence-corrected chi connectivity index (χ1v) is 5.05. The number of unbranched alkanes of at least 4 members (excludes halogenated alkanes) is 2. The maximum absolute atomic E-state index is 10.7. The molecule has 0 radical (unpaired) electrons. The fraction of sp³-hybridized carbons (Fsp3) is 1.00. The number of phosphoric acid groups is 1. The first kappa shape index (κ1) is 12.0. The highest BCUT2D eigenvalue weighted by atomic mass is 31.2. The average molecular weight is 200 g/mol. The molecule has 0 aromatic carbocycles. The zero-order valence-electron chi connectivity index (χ0n) is 6.80. The predicted octanol–water partition coefficient (Wildman–Crippen LogP) is 2.28. The van der Waals surface area contributed by atoms with Crippen LogP contribution in [0.15, 0.2) is 0 Å². The lowest BCUT2D eigenvalue weighted by atomic mass is 10.3. The van der Waals surface area contributed by atoms with Gasteiger partial charge in [0.2, 0.25) is 0 Å². The number of hydrogen-bond acceptors (Lipinski definition) is 6. The fourth-order valence-electron chi connectivity index (χ4n) is 0.590. The Kier molecular flexibility index (Phi) is 6.55. The Morgan fingerprint density at radius 1 is 1.25 bits per heavy atom. The van der Waals surface area contributed by atoms with Gasteiger partial charge in [0.05, 0.1) is 6.61 Å². The van der Waals surface area contributed by atoms with E-state index >= 15 is 0 Å². The lowest BCUT2D eigenvalue weighted by Gasteiger charge is -2.08. The third-order valence-corrected chi connectivity index (χ3v) is 2.10. The molecular weight excluding hydrogens is 187 g/mol. The SMILES string of the molecule is CCCCCOP(=O)(OO)OO. The number of hydrogen-bond donors (Lipinski definition) is 2. The second kappa shape index (κ2) is 6.54. The molecule has 0 rings (SSSR count). The van der Waals surface area contributed by atoms with E-state index in [0.717, 1.165) is 12.8 Å². The van der Waals surface area contributed by atoms with Gasteiger partial charge in [0.25, 0.3) is 0 Å². The molecule has 0 spiro atoms. The van der Waals surface area contributed by atoms with Crippen molar-refractivity contribution in [1.29, 1.82) is 0 Å². The molecule has 0 aromatic heterocycles. The number of rotatable bonds is 7. The summed E-state index contributed by atoms with van der Waals surface area (Å²) >= 11 is 0. The molecule has 0 saturated heterocycles. The molecule has 0 aliphatic rings. The molecule has 7 heteroatoms. The van der Waals surface area contributed by atoms with Crippen molar-refractivity contribution < 1.29 is 29.0 Å². The van der Waals surface area contributed by atoms with E-state index in [0.29, 0.717) is 6.42 Å². The van der Waals surface area contributed by atoms with Gasteiger partial charge in [-0.2, -0.15) is 0 Å². The van der Waals surface area contributed by atoms with Crippen molar-refractivity contribution in [3.63, 3.8) is 0 Å². The molecule has 0 unspecified atom stereocenters. The lowest BCUT2D eigenvalue weighted by molar-refractivity contribution is -0.228. The van der Waals surface area contributed by atoms with Gasteiger partial charge in [-0.05, 0) is 6.42 Å². The maximum atomic E-state index is 10.7. The molecule has 0 aromatic rings. The summed E-state index contributed by atoms with van der Waals surface area (Å²) in [7, 11) is -4.11. The van der Waals surface area contributed by atoms with E-state index in [4.69, 9.17) is 10.5 Å². The molecule has 0 saturated carbocycles. The van der Waals surface area contributed by atoms with Crippen LogP contribution in [0.3, 0.4) is 0 Å². The van der Waals surface area contributed by atoms with Gasteiger partial charge >= 0.3 is 7.82 Å². The van der Waals surface area contributed by atoms with Gasteiger partial charge in [0.1, 0.15) is 0 Å². The van der Waals surface area contributed by atoms with E-state index in [-0.39, 0.29) is 6.61 Å². The molecule has 0 fully saturated rings. The Labute approximate surface area is 70.5 Å². The van der Waals surface area contributed by atoms with Crippen molar-refractivity contribution in [3.05, 3.63) is 0 Å². The molecule has 0 aliphatic heterocycles. The van der Waals surface area contributed by atoms with Crippen LogP contribution in [0.25, 0.3) is 0 Å². The second-order valence-corrected chi connectivity index (χ2v) is 3.63. The van der Waals surface area contributed by atoms with Gasteiger partial charge in [0.15, 0.2) is 0 Å². The normalized spacial score (nSPS) is 11.9. The summed E-state index contributed by atoms with van der Waals surface area (Å²) < 4.78 is 21.8. The van der Waals surface area contributed by atoms with E-state index in [2.05, 4.69) is 13.9 Å². The van der Waals surface area contributed by atoms with Crippen molar-refractivity contribution in [2.75, 3.05) is 6.61 Å². The van der Waals surface area contributed by atoms with E-state index in [1.807, 2.05) is 6.92 Å². The van der Waals surface area contributed by atoms with Crippen LogP contribution in [0.2, 0.25) is 0 Å². The summed E-state index contributed by atoms with van der Waals surface area (Å²) in [6, 6.07) is 0. The maximum Gasteiger partial charge on any atom is 0.529 e. The molecule has 0 atom stereocenters. The van der Waals surface area contributed by atoms with Gasteiger partial charge in [-0.1, -0.05) is 19.8 Å². The van der Waals surface area contributed by atoms with E-state index in [1.54, 1.807) is 0 Å². The largest absolute Gasteiger partial charge is 0.529 e. The van der Waals surface area contributed by atoms with E-state index < -0.39 is 7.82 Å². The summed E-state index contributed by atoms with van der Waals surface area (Å²) in [6.45, 7) is 2.09. The van der Waals surface area contributed by atoms with Crippen LogP contribution in [0.4, 0.5) is 0 Å². The Bertz CT molecular complexity index is 141. The summed E-state index contributed by atoms with van der Waals surface area (Å²) in [6.07, 6.45) is 2.54. The summed E-state index contributed by atoms with van der Waals surface area (Å²) in [5.41, 5.74) is 0. The van der Waals surface area contributed by atoms with Crippen LogP contribution in [-0.2, 0) is 18.4 Å². The molecule has 74 valence electrons. The van der Waals surface area contributed by atoms with E-state index in [9.17, 15) is 4.57 Å². The molecule has 0 bridgehead atoms. The standard InChI is InChI=1S/C5H13O6P/c1-2-3-4-5-9-12(8,10-6)11-7/h6-7H,2-5H2,1H3. The van der Waals surface area contributed by atoms with Gasteiger partial charge in [-0.3, -0.25) is 4.52 Å². The topological polar surface area (TPSA) is 85.2 Å². The summed E-state index contributed by atoms with van der Waals surface area (Å²) in [4.78, 5) is 0. The van der Waals surface area contributed by atoms with Crippen LogP contribution in [0.5, 0.6) is 0 Å². The summed E-state index contributed by atoms with van der Waals surface area (Å²) in [5.74, 6) is 0. The Balaban J connectivity index is 3.52. The molecule has 2 N–H and O–H groups in total. The van der Waals surface area contributed by atoms with Crippen LogP contribution in [-0.4, -0.2) is 17.1 Å². The zero-order chi connectivity index (χ0) is 9.45. The smallest absolute Gasteiger partial charge is 0.284 e. The van der Waals surface area contributed by atoms with Gasteiger partial charge in [0, 0.05) is 0 Å². The highest BCUT2D eigenvalue weighted by Crippen LogP contribution is 2.47. The van der Waals surface area contributed by atoms with Gasteiger partial charge < -0.3 is 0 Å². The fourth-order valence-corrected chi connectivity index (χ4v) is 1.07. The third-order valence-electron chi connectivity index (χ3n) is 1.20. The zero-order valence-corrected chi connectivity index (χ0v) is 7.70. The third kappa shape index (κ3) is 4.82. The second-order valence-electron chi connectivity index (χ2n) is 2.15. The lowest BCUT2D eigenvalue weighted by Crippen LogP contribution is -1.97. The Morgan fingerprint density at radius 3 is 2.25 bits per heavy atom. The van der Waals surface area contributed by atoms with Crippen molar-refractivity contribution >= 4 is 7.82 Å². The summed E-state index contributed by atoms with van der Waals surface area (Å²) in [5, 5.41) is 15.9. The first-order valence-electron chi connectivity index (χ1n) is 3.59. The highest BCUT2D eigenvalue weighted by molar-refractivity contribution is 7.48. The van der Waals surface area contributed by atoms with E-state index in [1.165, 1.54) is 0 Å². The van der Waals surface area contributed by atoms with Crippen LogP contribution < -0.4 is 0 Å². The molecular formula is C5H13O6P. The van der Waals surface area contributed by atoms with Gasteiger partial charge in [-0.15, -0.1) is 9.35 Å². The molecule has 12 heavy (non-hydrogen) atoms. The Morgan fingerprint density at radius 2 is 1.83 bits per heavy atom. The Hall–Kier alpha value is 0.0300. The quantitative estimate of drug-likeness (QED) is 0.284.